The second kappa shape index (κ2) is 8.32. The average molecular weight is 343 g/mol. The van der Waals surface area contributed by atoms with Gasteiger partial charge in [-0.15, -0.1) is 0 Å². The van der Waals surface area contributed by atoms with E-state index in [-0.39, 0.29) is 5.91 Å². The van der Waals surface area contributed by atoms with Crippen LogP contribution < -0.4 is 10.6 Å². The molecule has 2 aromatic carbocycles. The van der Waals surface area contributed by atoms with Gasteiger partial charge < -0.3 is 10.6 Å². The molecule has 2 N–H and O–H groups in total. The molecule has 0 aliphatic carbocycles. The maximum Gasteiger partial charge on any atom is 0.220 e. The Hall–Kier alpha value is -1.84. The average Bonchev–Trinajstić information content (AvgIpc) is 3.13. The Balaban J connectivity index is 1.58. The van der Waals surface area contributed by atoms with E-state index in [1.165, 1.54) is 6.42 Å². The first-order chi connectivity index (χ1) is 11.7. The third-order valence-corrected chi connectivity index (χ3v) is 4.84. The van der Waals surface area contributed by atoms with Crippen LogP contribution >= 0.6 is 11.6 Å². The minimum Gasteiger partial charge on any atom is -0.352 e. The van der Waals surface area contributed by atoms with Gasteiger partial charge in [-0.3, -0.25) is 4.79 Å². The van der Waals surface area contributed by atoms with Crippen LogP contribution in [-0.2, 0) is 11.3 Å². The van der Waals surface area contributed by atoms with Crippen molar-refractivity contribution < 1.29 is 4.79 Å². The van der Waals surface area contributed by atoms with Gasteiger partial charge in [0, 0.05) is 18.0 Å². The molecule has 4 heteroatoms. The normalized spacial score (nSPS) is 17.0. The molecule has 1 atom stereocenters. The summed E-state index contributed by atoms with van der Waals surface area (Å²) >= 11 is 5.97. The maximum atomic E-state index is 12.1. The number of nitrogens with one attached hydrogen (secondary N) is 2. The summed E-state index contributed by atoms with van der Waals surface area (Å²) in [6.07, 6.45) is 2.76. The standard InChI is InChI=1S/C20H23ClN2O/c21-18-8-6-16(7-9-18)19-4-2-1-3-17(19)14-23-20(24)10-5-15-11-12-22-13-15/h1-4,6-9,15,22H,5,10-14H2,(H,23,24). The number of benzene rings is 2. The van der Waals surface area contributed by atoms with E-state index in [0.717, 1.165) is 41.2 Å². The topological polar surface area (TPSA) is 41.1 Å². The van der Waals surface area contributed by atoms with Gasteiger partial charge in [0.15, 0.2) is 0 Å². The molecule has 2 aromatic rings. The molecule has 24 heavy (non-hydrogen) atoms. The summed E-state index contributed by atoms with van der Waals surface area (Å²) in [5.41, 5.74) is 3.37. The van der Waals surface area contributed by atoms with E-state index in [2.05, 4.69) is 22.8 Å². The number of carbonyl (C=O) groups excluding carboxylic acids is 1. The molecule has 1 aliphatic rings. The third-order valence-electron chi connectivity index (χ3n) is 4.59. The first kappa shape index (κ1) is 17.0. The summed E-state index contributed by atoms with van der Waals surface area (Å²) in [5, 5.41) is 7.13. The molecular formula is C20H23ClN2O. The van der Waals surface area contributed by atoms with E-state index in [1.54, 1.807) is 0 Å². The molecule has 1 unspecified atom stereocenters. The minimum atomic E-state index is 0.132. The fourth-order valence-corrected chi connectivity index (χ4v) is 3.29. The van der Waals surface area contributed by atoms with E-state index in [9.17, 15) is 4.79 Å². The predicted molar refractivity (Wildman–Crippen MR) is 98.9 cm³/mol. The number of hydrogen-bond acceptors (Lipinski definition) is 2. The summed E-state index contributed by atoms with van der Waals surface area (Å²) in [5.74, 6) is 0.782. The van der Waals surface area contributed by atoms with Crippen molar-refractivity contribution in [3.8, 4) is 11.1 Å². The van der Waals surface area contributed by atoms with Gasteiger partial charge in [0.1, 0.15) is 0 Å². The molecule has 1 aliphatic heterocycles. The first-order valence-electron chi connectivity index (χ1n) is 8.53. The first-order valence-corrected chi connectivity index (χ1v) is 8.91. The molecule has 0 saturated carbocycles. The van der Waals surface area contributed by atoms with Crippen LogP contribution in [-0.4, -0.2) is 19.0 Å². The van der Waals surface area contributed by atoms with Gasteiger partial charge in [-0.05, 0) is 60.7 Å². The lowest BCUT2D eigenvalue weighted by molar-refractivity contribution is -0.121. The van der Waals surface area contributed by atoms with Crippen LogP contribution in [0.1, 0.15) is 24.8 Å². The van der Waals surface area contributed by atoms with Crippen molar-refractivity contribution in [1.29, 1.82) is 0 Å². The Morgan fingerprint density at radius 2 is 1.96 bits per heavy atom. The zero-order valence-corrected chi connectivity index (χ0v) is 14.5. The van der Waals surface area contributed by atoms with Crippen molar-refractivity contribution >= 4 is 17.5 Å². The maximum absolute atomic E-state index is 12.1. The molecule has 3 nitrogen and oxygen atoms in total. The number of carbonyl (C=O) groups is 1. The van der Waals surface area contributed by atoms with Gasteiger partial charge >= 0.3 is 0 Å². The predicted octanol–water partition coefficient (Wildman–Crippen LogP) is 4.01. The molecule has 0 bridgehead atoms. The Labute approximate surface area is 148 Å². The fraction of sp³-hybridized carbons (Fsp3) is 0.350. The summed E-state index contributed by atoms with van der Waals surface area (Å²) < 4.78 is 0. The van der Waals surface area contributed by atoms with Crippen LogP contribution in [0.2, 0.25) is 5.02 Å². The van der Waals surface area contributed by atoms with Gasteiger partial charge in [0.2, 0.25) is 5.91 Å². The smallest absolute Gasteiger partial charge is 0.220 e. The Morgan fingerprint density at radius 1 is 1.17 bits per heavy atom. The van der Waals surface area contributed by atoms with E-state index < -0.39 is 0 Å². The minimum absolute atomic E-state index is 0.132. The zero-order valence-electron chi connectivity index (χ0n) is 13.7. The summed E-state index contributed by atoms with van der Waals surface area (Å²) in [7, 11) is 0. The highest BCUT2D eigenvalue weighted by atomic mass is 35.5. The summed E-state index contributed by atoms with van der Waals surface area (Å²) in [4.78, 5) is 12.1. The highest BCUT2D eigenvalue weighted by Crippen LogP contribution is 2.25. The molecule has 3 rings (SSSR count). The second-order valence-electron chi connectivity index (χ2n) is 6.34. The highest BCUT2D eigenvalue weighted by molar-refractivity contribution is 6.30. The van der Waals surface area contributed by atoms with Crippen molar-refractivity contribution in [2.24, 2.45) is 5.92 Å². The van der Waals surface area contributed by atoms with E-state index >= 15 is 0 Å². The molecule has 0 radical (unpaired) electrons. The molecule has 1 heterocycles. The van der Waals surface area contributed by atoms with Crippen molar-refractivity contribution in [2.45, 2.75) is 25.8 Å². The van der Waals surface area contributed by atoms with Gasteiger partial charge in [0.25, 0.3) is 0 Å². The monoisotopic (exact) mass is 342 g/mol. The molecule has 126 valence electrons. The lowest BCUT2D eigenvalue weighted by atomic mass is 9.99. The summed E-state index contributed by atoms with van der Waals surface area (Å²) in [6.45, 7) is 2.69. The molecule has 0 spiro atoms. The van der Waals surface area contributed by atoms with Crippen molar-refractivity contribution in [3.05, 3.63) is 59.1 Å². The van der Waals surface area contributed by atoms with E-state index in [1.807, 2.05) is 36.4 Å². The van der Waals surface area contributed by atoms with Gasteiger partial charge in [-0.1, -0.05) is 48.0 Å². The Bertz CT molecular complexity index is 678. The van der Waals surface area contributed by atoms with E-state index in [0.29, 0.717) is 18.9 Å². The van der Waals surface area contributed by atoms with Crippen molar-refractivity contribution in [1.82, 2.24) is 10.6 Å². The molecule has 1 saturated heterocycles. The lowest BCUT2D eigenvalue weighted by Crippen LogP contribution is -2.23. The fourth-order valence-electron chi connectivity index (χ4n) is 3.16. The number of halogens is 1. The Morgan fingerprint density at radius 3 is 2.71 bits per heavy atom. The number of hydrogen-bond donors (Lipinski definition) is 2. The zero-order chi connectivity index (χ0) is 16.8. The Kier molecular flexibility index (Phi) is 5.89. The van der Waals surface area contributed by atoms with Gasteiger partial charge in [-0.2, -0.15) is 0 Å². The van der Waals surface area contributed by atoms with E-state index in [4.69, 9.17) is 11.6 Å². The quantitative estimate of drug-likeness (QED) is 0.832. The van der Waals surface area contributed by atoms with Gasteiger partial charge in [0.05, 0.1) is 0 Å². The van der Waals surface area contributed by atoms with Crippen LogP contribution in [0.3, 0.4) is 0 Å². The summed E-state index contributed by atoms with van der Waals surface area (Å²) in [6, 6.07) is 16.0. The lowest BCUT2D eigenvalue weighted by Gasteiger charge is -2.12. The highest BCUT2D eigenvalue weighted by Gasteiger charge is 2.15. The van der Waals surface area contributed by atoms with Gasteiger partial charge in [-0.25, -0.2) is 0 Å². The number of rotatable bonds is 6. The van der Waals surface area contributed by atoms with Crippen LogP contribution in [0, 0.1) is 5.92 Å². The van der Waals surface area contributed by atoms with Crippen LogP contribution in [0.15, 0.2) is 48.5 Å². The SMILES string of the molecule is O=C(CCC1CCNC1)NCc1ccccc1-c1ccc(Cl)cc1. The molecule has 0 aromatic heterocycles. The van der Waals surface area contributed by atoms with Crippen LogP contribution in [0.5, 0.6) is 0 Å². The largest absolute Gasteiger partial charge is 0.352 e. The van der Waals surface area contributed by atoms with Crippen LogP contribution in [0.4, 0.5) is 0 Å². The van der Waals surface area contributed by atoms with Crippen LogP contribution in [0.25, 0.3) is 11.1 Å². The molecule has 1 amide bonds. The van der Waals surface area contributed by atoms with Crippen molar-refractivity contribution in [3.63, 3.8) is 0 Å². The second-order valence-corrected chi connectivity index (χ2v) is 6.77. The molecular weight excluding hydrogens is 320 g/mol. The third kappa shape index (κ3) is 4.59. The van der Waals surface area contributed by atoms with Crippen molar-refractivity contribution in [2.75, 3.05) is 13.1 Å². The number of amides is 1. The molecule has 1 fully saturated rings.